The van der Waals surface area contributed by atoms with Crippen LogP contribution >= 0.6 is 0 Å². The standard InChI is InChI=1S/C26H48O2Si/c1-5-9-10-11-12-13-14-18-23-27-26(25-20-16-15-17-21-25)22-19-24-28-29(6-2,7-3)8-4/h15-17,20-21,26H,5-14,18-19,22-24H2,1-4H3. The van der Waals surface area contributed by atoms with Crippen LogP contribution < -0.4 is 0 Å². The lowest BCUT2D eigenvalue weighted by molar-refractivity contribution is 0.0397. The molecule has 0 radical (unpaired) electrons. The zero-order chi connectivity index (χ0) is 21.2. The molecule has 0 spiro atoms. The molecular formula is C26H48O2Si. The molecule has 1 aromatic rings. The van der Waals surface area contributed by atoms with Crippen LogP contribution in [0.3, 0.4) is 0 Å². The van der Waals surface area contributed by atoms with Gasteiger partial charge in [-0.05, 0) is 43.0 Å². The average molecular weight is 421 g/mol. The first-order valence-electron chi connectivity index (χ1n) is 12.5. The number of hydrogen-bond acceptors (Lipinski definition) is 2. The van der Waals surface area contributed by atoms with Gasteiger partial charge in [-0.15, -0.1) is 0 Å². The average Bonchev–Trinajstić information content (AvgIpc) is 2.77. The number of hydrogen-bond donors (Lipinski definition) is 0. The van der Waals surface area contributed by atoms with E-state index < -0.39 is 8.32 Å². The van der Waals surface area contributed by atoms with Crippen LogP contribution in [0.5, 0.6) is 0 Å². The number of ether oxygens (including phenoxy) is 1. The van der Waals surface area contributed by atoms with Crippen molar-refractivity contribution in [2.75, 3.05) is 13.2 Å². The van der Waals surface area contributed by atoms with Gasteiger partial charge in [0.15, 0.2) is 8.32 Å². The van der Waals surface area contributed by atoms with Gasteiger partial charge in [0.25, 0.3) is 0 Å². The lowest BCUT2D eigenvalue weighted by Gasteiger charge is -2.28. The maximum Gasteiger partial charge on any atom is 0.191 e. The van der Waals surface area contributed by atoms with Crippen molar-refractivity contribution in [3.8, 4) is 0 Å². The van der Waals surface area contributed by atoms with Gasteiger partial charge in [0, 0.05) is 13.2 Å². The molecule has 1 unspecified atom stereocenters. The Morgan fingerprint density at radius 3 is 1.86 bits per heavy atom. The van der Waals surface area contributed by atoms with Crippen LogP contribution in [0.1, 0.15) is 104 Å². The molecule has 0 aliphatic rings. The molecule has 0 aliphatic carbocycles. The van der Waals surface area contributed by atoms with E-state index in [4.69, 9.17) is 9.16 Å². The maximum absolute atomic E-state index is 6.44. The lowest BCUT2D eigenvalue weighted by atomic mass is 10.0. The first-order valence-corrected chi connectivity index (χ1v) is 15.0. The highest BCUT2D eigenvalue weighted by molar-refractivity contribution is 6.73. The summed E-state index contributed by atoms with van der Waals surface area (Å²) in [6, 6.07) is 14.5. The van der Waals surface area contributed by atoms with E-state index in [0.717, 1.165) is 26.1 Å². The molecule has 0 aromatic heterocycles. The predicted molar refractivity (Wildman–Crippen MR) is 130 cm³/mol. The van der Waals surface area contributed by atoms with Crippen molar-refractivity contribution >= 4 is 8.32 Å². The van der Waals surface area contributed by atoms with E-state index in [1.165, 1.54) is 75.1 Å². The minimum absolute atomic E-state index is 0.213. The largest absolute Gasteiger partial charge is 0.417 e. The summed E-state index contributed by atoms with van der Waals surface area (Å²) in [6.45, 7) is 11.0. The van der Waals surface area contributed by atoms with Crippen molar-refractivity contribution in [2.45, 2.75) is 116 Å². The fourth-order valence-electron chi connectivity index (χ4n) is 4.09. The SMILES string of the molecule is CCCCCCCCCCOC(CCCO[Si](CC)(CC)CC)c1ccccc1. The summed E-state index contributed by atoms with van der Waals surface area (Å²) in [5, 5.41) is 0. The van der Waals surface area contributed by atoms with Crippen molar-refractivity contribution in [1.82, 2.24) is 0 Å². The normalized spacial score (nSPS) is 13.0. The van der Waals surface area contributed by atoms with E-state index in [-0.39, 0.29) is 6.10 Å². The molecule has 1 rings (SSSR count). The van der Waals surface area contributed by atoms with Crippen molar-refractivity contribution in [2.24, 2.45) is 0 Å². The second-order valence-electron chi connectivity index (χ2n) is 8.48. The molecular weight excluding hydrogens is 372 g/mol. The van der Waals surface area contributed by atoms with E-state index >= 15 is 0 Å². The predicted octanol–water partition coefficient (Wildman–Crippen LogP) is 8.69. The van der Waals surface area contributed by atoms with Crippen LogP contribution in [-0.2, 0) is 9.16 Å². The van der Waals surface area contributed by atoms with Crippen molar-refractivity contribution in [1.29, 1.82) is 0 Å². The molecule has 0 heterocycles. The Bertz CT molecular complexity index is 465. The molecule has 3 heteroatoms. The zero-order valence-electron chi connectivity index (χ0n) is 19.9. The summed E-state index contributed by atoms with van der Waals surface area (Å²) >= 11 is 0. The molecule has 0 N–H and O–H groups in total. The molecule has 0 saturated carbocycles. The fourth-order valence-corrected chi connectivity index (χ4v) is 6.78. The molecule has 0 amide bonds. The molecule has 0 bridgehead atoms. The highest BCUT2D eigenvalue weighted by atomic mass is 28.4. The van der Waals surface area contributed by atoms with Gasteiger partial charge >= 0.3 is 0 Å². The third kappa shape index (κ3) is 11.4. The quantitative estimate of drug-likeness (QED) is 0.164. The summed E-state index contributed by atoms with van der Waals surface area (Å²) in [5.74, 6) is 0. The summed E-state index contributed by atoms with van der Waals surface area (Å²) in [5.41, 5.74) is 1.32. The molecule has 2 nitrogen and oxygen atoms in total. The minimum Gasteiger partial charge on any atom is -0.417 e. The molecule has 0 aliphatic heterocycles. The Morgan fingerprint density at radius 1 is 0.690 bits per heavy atom. The van der Waals surface area contributed by atoms with E-state index in [1.54, 1.807) is 0 Å². The van der Waals surface area contributed by atoms with Crippen molar-refractivity contribution in [3.05, 3.63) is 35.9 Å². The summed E-state index contributed by atoms with van der Waals surface area (Å²) in [6.07, 6.45) is 13.1. The molecule has 0 saturated heterocycles. The Hall–Kier alpha value is -0.643. The number of benzene rings is 1. The van der Waals surface area contributed by atoms with Gasteiger partial charge in [-0.3, -0.25) is 0 Å². The van der Waals surface area contributed by atoms with E-state index in [0.29, 0.717) is 0 Å². The lowest BCUT2D eigenvalue weighted by Crippen LogP contribution is -2.36. The van der Waals surface area contributed by atoms with Crippen LogP contribution in [0.2, 0.25) is 18.1 Å². The Morgan fingerprint density at radius 2 is 1.28 bits per heavy atom. The molecule has 168 valence electrons. The topological polar surface area (TPSA) is 18.5 Å². The first kappa shape index (κ1) is 26.4. The van der Waals surface area contributed by atoms with Gasteiger partial charge in [-0.1, -0.05) is 103 Å². The van der Waals surface area contributed by atoms with Crippen LogP contribution in [0, 0.1) is 0 Å². The van der Waals surface area contributed by atoms with E-state index in [1.807, 2.05) is 0 Å². The second-order valence-corrected chi connectivity index (χ2v) is 13.3. The minimum atomic E-state index is -1.46. The van der Waals surface area contributed by atoms with E-state index in [9.17, 15) is 0 Å². The number of unbranched alkanes of at least 4 members (excludes halogenated alkanes) is 7. The van der Waals surface area contributed by atoms with Gasteiger partial charge in [-0.25, -0.2) is 0 Å². The van der Waals surface area contributed by atoms with Crippen LogP contribution in [0.4, 0.5) is 0 Å². The van der Waals surface area contributed by atoms with Gasteiger partial charge in [0.05, 0.1) is 6.10 Å². The Labute approximate surface area is 182 Å². The first-order chi connectivity index (χ1) is 14.2. The third-order valence-corrected chi connectivity index (χ3v) is 11.1. The van der Waals surface area contributed by atoms with Crippen molar-refractivity contribution in [3.63, 3.8) is 0 Å². The highest BCUT2D eigenvalue weighted by Gasteiger charge is 2.28. The van der Waals surface area contributed by atoms with Crippen LogP contribution in [0.25, 0.3) is 0 Å². The highest BCUT2D eigenvalue weighted by Crippen LogP contribution is 2.26. The van der Waals surface area contributed by atoms with Crippen LogP contribution in [0.15, 0.2) is 30.3 Å². The third-order valence-electron chi connectivity index (χ3n) is 6.44. The van der Waals surface area contributed by atoms with Gasteiger partial charge < -0.3 is 9.16 Å². The van der Waals surface area contributed by atoms with Gasteiger partial charge in [0.2, 0.25) is 0 Å². The summed E-state index contributed by atoms with van der Waals surface area (Å²) in [4.78, 5) is 0. The van der Waals surface area contributed by atoms with Crippen molar-refractivity contribution < 1.29 is 9.16 Å². The maximum atomic E-state index is 6.44. The monoisotopic (exact) mass is 420 g/mol. The van der Waals surface area contributed by atoms with E-state index in [2.05, 4.69) is 58.0 Å². The second kappa shape index (κ2) is 17.1. The van der Waals surface area contributed by atoms with Crippen LogP contribution in [-0.4, -0.2) is 21.5 Å². The van der Waals surface area contributed by atoms with Gasteiger partial charge in [0.1, 0.15) is 0 Å². The Balaban J connectivity index is 2.33. The summed E-state index contributed by atoms with van der Waals surface area (Å²) in [7, 11) is -1.46. The molecule has 0 fully saturated rings. The summed E-state index contributed by atoms with van der Waals surface area (Å²) < 4.78 is 12.8. The molecule has 29 heavy (non-hydrogen) atoms. The van der Waals surface area contributed by atoms with Gasteiger partial charge in [-0.2, -0.15) is 0 Å². The smallest absolute Gasteiger partial charge is 0.191 e. The Kier molecular flexibility index (Phi) is 15.5. The molecule has 1 atom stereocenters. The molecule has 1 aromatic carbocycles. The zero-order valence-corrected chi connectivity index (χ0v) is 20.9. The fraction of sp³-hybridized carbons (Fsp3) is 0.769. The number of rotatable bonds is 19.